The normalized spacial score (nSPS) is 22.6. The largest absolute Gasteiger partial charge is 0.472 e. The van der Waals surface area contributed by atoms with Crippen LogP contribution >= 0.6 is 0 Å². The Kier molecular flexibility index (Phi) is 5.01. The molecule has 0 bridgehead atoms. The van der Waals surface area contributed by atoms with Crippen LogP contribution in [0.25, 0.3) is 0 Å². The second-order valence-corrected chi connectivity index (χ2v) is 7.75. The van der Waals surface area contributed by atoms with Gasteiger partial charge in [0.15, 0.2) is 0 Å². The highest BCUT2D eigenvalue weighted by molar-refractivity contribution is 5.95. The van der Waals surface area contributed by atoms with Crippen molar-refractivity contribution in [2.24, 2.45) is 5.41 Å². The lowest BCUT2D eigenvalue weighted by Gasteiger charge is -2.39. The number of piperidine rings is 1. The zero-order valence-corrected chi connectivity index (χ0v) is 15.6. The van der Waals surface area contributed by atoms with E-state index in [4.69, 9.17) is 4.42 Å². The molecule has 0 aliphatic carbocycles. The molecule has 2 aliphatic rings. The van der Waals surface area contributed by atoms with Crippen molar-refractivity contribution in [3.63, 3.8) is 0 Å². The van der Waals surface area contributed by atoms with E-state index in [9.17, 15) is 9.59 Å². The fraction of sp³-hybridized carbons (Fsp3) is 0.455. The molecular formula is C22H26N2O3. The van der Waals surface area contributed by atoms with E-state index in [0.717, 1.165) is 45.2 Å². The molecule has 5 heteroatoms. The van der Waals surface area contributed by atoms with Crippen LogP contribution in [0.3, 0.4) is 0 Å². The van der Waals surface area contributed by atoms with Gasteiger partial charge in [0.25, 0.3) is 5.91 Å². The first-order valence-electron chi connectivity index (χ1n) is 9.83. The van der Waals surface area contributed by atoms with Gasteiger partial charge in [0.05, 0.1) is 17.2 Å². The lowest BCUT2D eigenvalue weighted by molar-refractivity contribution is -0.145. The number of likely N-dealkylation sites (tertiary alicyclic amines) is 2. The van der Waals surface area contributed by atoms with Crippen LogP contribution in [0.1, 0.15) is 41.6 Å². The minimum atomic E-state index is -0.385. The van der Waals surface area contributed by atoms with Gasteiger partial charge >= 0.3 is 0 Å². The summed E-state index contributed by atoms with van der Waals surface area (Å²) in [4.78, 5) is 29.6. The highest BCUT2D eigenvalue weighted by Crippen LogP contribution is 2.40. The number of nitrogens with zero attached hydrogens (tertiary/aromatic N) is 2. The third-order valence-electron chi connectivity index (χ3n) is 5.97. The molecular weight excluding hydrogens is 340 g/mol. The summed E-state index contributed by atoms with van der Waals surface area (Å²) >= 11 is 0. The molecule has 1 aromatic heterocycles. The minimum absolute atomic E-state index is 0.0328. The maximum Gasteiger partial charge on any atom is 0.257 e. The number of furan rings is 1. The number of hydrogen-bond donors (Lipinski definition) is 0. The van der Waals surface area contributed by atoms with Crippen LogP contribution in [0.15, 0.2) is 53.3 Å². The molecule has 1 spiro atoms. The van der Waals surface area contributed by atoms with Gasteiger partial charge in [-0.25, -0.2) is 0 Å². The van der Waals surface area contributed by atoms with Gasteiger partial charge < -0.3 is 14.2 Å². The molecule has 0 radical (unpaired) electrons. The Morgan fingerprint density at radius 1 is 1.11 bits per heavy atom. The Balaban J connectivity index is 1.36. The van der Waals surface area contributed by atoms with Gasteiger partial charge in [-0.3, -0.25) is 9.59 Å². The molecule has 0 saturated carbocycles. The summed E-state index contributed by atoms with van der Waals surface area (Å²) in [5.74, 6) is 0.207. The summed E-state index contributed by atoms with van der Waals surface area (Å²) in [7, 11) is 0. The molecule has 0 unspecified atom stereocenters. The van der Waals surface area contributed by atoms with Crippen molar-refractivity contribution in [1.29, 1.82) is 0 Å². The van der Waals surface area contributed by atoms with Crippen LogP contribution in [0, 0.1) is 5.41 Å². The van der Waals surface area contributed by atoms with Crippen LogP contribution in [0.2, 0.25) is 0 Å². The Bertz CT molecular complexity index is 787. The molecule has 2 aliphatic heterocycles. The molecule has 27 heavy (non-hydrogen) atoms. The van der Waals surface area contributed by atoms with E-state index >= 15 is 0 Å². The highest BCUT2D eigenvalue weighted by Gasteiger charge is 2.49. The zero-order valence-electron chi connectivity index (χ0n) is 15.6. The van der Waals surface area contributed by atoms with Crippen molar-refractivity contribution in [2.45, 2.75) is 32.1 Å². The number of carbonyl (C=O) groups excluding carboxylic acids is 2. The molecule has 142 valence electrons. The first-order chi connectivity index (χ1) is 13.2. The van der Waals surface area contributed by atoms with Crippen LogP contribution in [0.5, 0.6) is 0 Å². The number of benzene rings is 1. The number of aryl methyl sites for hydroxylation is 1. The molecule has 5 nitrogen and oxygen atoms in total. The lowest BCUT2D eigenvalue weighted by Crippen LogP contribution is -2.50. The first-order valence-corrected chi connectivity index (χ1v) is 9.83. The van der Waals surface area contributed by atoms with E-state index in [0.29, 0.717) is 18.7 Å². The topological polar surface area (TPSA) is 53.8 Å². The number of amides is 2. The van der Waals surface area contributed by atoms with E-state index in [2.05, 4.69) is 24.3 Å². The van der Waals surface area contributed by atoms with Gasteiger partial charge in [-0.05, 0) is 43.7 Å². The molecule has 3 heterocycles. The molecule has 1 aromatic carbocycles. The molecule has 2 aromatic rings. The van der Waals surface area contributed by atoms with Crippen molar-refractivity contribution in [3.05, 3.63) is 60.1 Å². The predicted molar refractivity (Wildman–Crippen MR) is 102 cm³/mol. The molecule has 2 fully saturated rings. The van der Waals surface area contributed by atoms with E-state index in [1.165, 1.54) is 18.1 Å². The average molecular weight is 366 g/mol. The first kappa shape index (κ1) is 17.8. The second-order valence-electron chi connectivity index (χ2n) is 7.75. The summed E-state index contributed by atoms with van der Waals surface area (Å²) in [6.45, 7) is 2.81. The standard InChI is InChI=1S/C22H26N2O3/c25-20(19-9-15-27-16-19)24-14-11-22(17-24)10-5-13-23(21(22)26)12-4-8-18-6-2-1-3-7-18/h1-3,6-7,9,15-16H,4-5,8,10-14,17H2/t22-/m1/s1. The third-order valence-corrected chi connectivity index (χ3v) is 5.97. The van der Waals surface area contributed by atoms with Crippen molar-refractivity contribution < 1.29 is 14.0 Å². The molecule has 4 rings (SSSR count). The Morgan fingerprint density at radius 3 is 2.74 bits per heavy atom. The van der Waals surface area contributed by atoms with Crippen molar-refractivity contribution in [2.75, 3.05) is 26.2 Å². The minimum Gasteiger partial charge on any atom is -0.472 e. The van der Waals surface area contributed by atoms with Crippen LogP contribution in [-0.4, -0.2) is 47.8 Å². The van der Waals surface area contributed by atoms with E-state index in [-0.39, 0.29) is 17.2 Å². The maximum atomic E-state index is 13.2. The van der Waals surface area contributed by atoms with Crippen LogP contribution in [0.4, 0.5) is 0 Å². The van der Waals surface area contributed by atoms with Crippen LogP contribution in [-0.2, 0) is 11.2 Å². The Hall–Kier alpha value is -2.56. The molecule has 2 saturated heterocycles. The summed E-state index contributed by atoms with van der Waals surface area (Å²) in [6, 6.07) is 12.1. The number of carbonyl (C=O) groups is 2. The number of rotatable bonds is 5. The van der Waals surface area contributed by atoms with Gasteiger partial charge in [-0.15, -0.1) is 0 Å². The number of hydrogen-bond acceptors (Lipinski definition) is 3. The quantitative estimate of drug-likeness (QED) is 0.815. The fourth-order valence-corrected chi connectivity index (χ4v) is 4.48. The van der Waals surface area contributed by atoms with Gasteiger partial charge in [0.2, 0.25) is 5.91 Å². The van der Waals surface area contributed by atoms with E-state index < -0.39 is 0 Å². The van der Waals surface area contributed by atoms with Gasteiger partial charge in [-0.2, -0.15) is 0 Å². The smallest absolute Gasteiger partial charge is 0.257 e. The monoisotopic (exact) mass is 366 g/mol. The van der Waals surface area contributed by atoms with Gasteiger partial charge in [0.1, 0.15) is 6.26 Å². The molecule has 1 atom stereocenters. The third kappa shape index (κ3) is 3.64. The van der Waals surface area contributed by atoms with Crippen molar-refractivity contribution in [1.82, 2.24) is 9.80 Å². The van der Waals surface area contributed by atoms with Crippen molar-refractivity contribution >= 4 is 11.8 Å². The molecule has 0 N–H and O–H groups in total. The highest BCUT2D eigenvalue weighted by atomic mass is 16.3. The lowest BCUT2D eigenvalue weighted by atomic mass is 9.78. The van der Waals surface area contributed by atoms with Gasteiger partial charge in [-0.1, -0.05) is 30.3 Å². The zero-order chi connectivity index (χ0) is 18.7. The summed E-state index contributed by atoms with van der Waals surface area (Å²) in [6.07, 6.45) is 7.63. The summed E-state index contributed by atoms with van der Waals surface area (Å²) in [5, 5.41) is 0. The predicted octanol–water partition coefficient (Wildman–Crippen LogP) is 3.37. The average Bonchev–Trinajstić information content (AvgIpc) is 3.37. The van der Waals surface area contributed by atoms with Crippen LogP contribution < -0.4 is 0 Å². The second kappa shape index (κ2) is 7.59. The van der Waals surface area contributed by atoms with E-state index in [1.807, 2.05) is 15.9 Å². The Labute approximate surface area is 159 Å². The van der Waals surface area contributed by atoms with E-state index in [1.54, 1.807) is 6.07 Å². The SMILES string of the molecule is O=C(c1ccoc1)N1CC[C@]2(CCCN(CCCc3ccccc3)C2=O)C1. The van der Waals surface area contributed by atoms with Gasteiger partial charge in [0, 0.05) is 26.2 Å². The maximum absolute atomic E-state index is 13.2. The summed E-state index contributed by atoms with van der Waals surface area (Å²) in [5.41, 5.74) is 1.49. The van der Waals surface area contributed by atoms with Crippen molar-refractivity contribution in [3.8, 4) is 0 Å². The molecule has 2 amide bonds. The fourth-order valence-electron chi connectivity index (χ4n) is 4.48. The summed E-state index contributed by atoms with van der Waals surface area (Å²) < 4.78 is 5.03. The Morgan fingerprint density at radius 2 is 1.96 bits per heavy atom.